The third-order valence-corrected chi connectivity index (χ3v) is 6.72. The van der Waals surface area contributed by atoms with Gasteiger partial charge in [0.2, 0.25) is 5.91 Å². The third kappa shape index (κ3) is 5.87. The Bertz CT molecular complexity index is 1270. The Balaban J connectivity index is 1.40. The number of amides is 1. The van der Waals surface area contributed by atoms with Crippen LogP contribution >= 0.6 is 0 Å². The van der Waals surface area contributed by atoms with Gasteiger partial charge < -0.3 is 34.1 Å². The minimum Gasteiger partial charge on any atom is -0.479 e. The molecule has 2 aliphatic heterocycles. The van der Waals surface area contributed by atoms with E-state index in [0.717, 1.165) is 21.9 Å². The number of benzene rings is 3. The molecule has 2 saturated heterocycles. The van der Waals surface area contributed by atoms with Crippen molar-refractivity contribution in [3.8, 4) is 0 Å². The van der Waals surface area contributed by atoms with Gasteiger partial charge in [0.15, 0.2) is 18.7 Å². The highest BCUT2D eigenvalue weighted by molar-refractivity contribution is 5.83. The van der Waals surface area contributed by atoms with Crippen molar-refractivity contribution in [3.05, 3.63) is 83.9 Å². The molecule has 9 heteroatoms. The smallest absolute Gasteiger partial charge is 0.332 e. The normalized spacial score (nSPS) is 27.8. The predicted octanol–water partition coefficient (Wildman–Crippen LogP) is 3.56. The van der Waals surface area contributed by atoms with Crippen LogP contribution in [0.1, 0.15) is 31.3 Å². The summed E-state index contributed by atoms with van der Waals surface area (Å²) in [6.07, 6.45) is -4.97. The summed E-state index contributed by atoms with van der Waals surface area (Å²) in [6, 6.07) is 22.6. The molecule has 2 fully saturated rings. The van der Waals surface area contributed by atoms with Crippen molar-refractivity contribution in [2.24, 2.45) is 0 Å². The van der Waals surface area contributed by atoms with E-state index in [1.165, 1.54) is 13.8 Å². The largest absolute Gasteiger partial charge is 0.479 e. The zero-order valence-corrected chi connectivity index (χ0v) is 21.2. The summed E-state index contributed by atoms with van der Waals surface area (Å²) in [7, 11) is 0. The van der Waals surface area contributed by atoms with Gasteiger partial charge in [-0.2, -0.15) is 0 Å². The quantitative estimate of drug-likeness (QED) is 0.463. The molecule has 9 nitrogen and oxygen atoms in total. The lowest BCUT2D eigenvalue weighted by atomic mass is 9.95. The summed E-state index contributed by atoms with van der Waals surface area (Å²) in [6.45, 7) is 3.20. The Morgan fingerprint density at radius 1 is 1.03 bits per heavy atom. The van der Waals surface area contributed by atoms with Crippen LogP contribution in [0.2, 0.25) is 0 Å². The number of carbonyl (C=O) groups excluding carboxylic acids is 1. The monoisotopic (exact) mass is 521 g/mol. The molecule has 7 atom stereocenters. The topological polar surface area (TPSA) is 113 Å². The van der Waals surface area contributed by atoms with Crippen LogP contribution in [0.5, 0.6) is 0 Å². The fourth-order valence-corrected chi connectivity index (χ4v) is 4.84. The van der Waals surface area contributed by atoms with Crippen molar-refractivity contribution in [3.63, 3.8) is 0 Å². The van der Waals surface area contributed by atoms with Crippen LogP contribution in [0.15, 0.2) is 72.8 Å². The second-order valence-corrected chi connectivity index (χ2v) is 9.52. The maximum atomic E-state index is 12.2. The first-order valence-electron chi connectivity index (χ1n) is 12.6. The molecule has 2 aliphatic rings. The number of fused-ring (bicyclic) bond motifs is 2. The Kier molecular flexibility index (Phi) is 8.01. The maximum Gasteiger partial charge on any atom is 0.332 e. The van der Waals surface area contributed by atoms with Crippen molar-refractivity contribution >= 4 is 22.6 Å². The number of carboxylic acid groups (broad SMARTS) is 1. The highest BCUT2D eigenvalue weighted by Gasteiger charge is 2.52. The van der Waals surface area contributed by atoms with Gasteiger partial charge in [0.25, 0.3) is 0 Å². The molecule has 0 aromatic heterocycles. The summed E-state index contributed by atoms with van der Waals surface area (Å²) in [4.78, 5) is 23.9. The molecule has 0 aliphatic carbocycles. The van der Waals surface area contributed by atoms with Crippen LogP contribution in [-0.2, 0) is 39.9 Å². The number of carboxylic acids is 1. The maximum absolute atomic E-state index is 12.2. The zero-order chi connectivity index (χ0) is 26.6. The van der Waals surface area contributed by atoms with Crippen LogP contribution in [-0.4, -0.2) is 60.3 Å². The van der Waals surface area contributed by atoms with E-state index >= 15 is 0 Å². The van der Waals surface area contributed by atoms with Crippen molar-refractivity contribution in [1.29, 1.82) is 0 Å². The van der Waals surface area contributed by atoms with Gasteiger partial charge in [0, 0.05) is 12.5 Å². The summed E-state index contributed by atoms with van der Waals surface area (Å²) >= 11 is 0. The molecule has 2 N–H and O–H groups in total. The Morgan fingerprint density at radius 3 is 2.50 bits per heavy atom. The van der Waals surface area contributed by atoms with Crippen LogP contribution in [0.3, 0.4) is 0 Å². The Labute approximate surface area is 220 Å². The summed E-state index contributed by atoms with van der Waals surface area (Å²) < 4.78 is 30.7. The summed E-state index contributed by atoms with van der Waals surface area (Å²) in [5.41, 5.74) is 1.73. The second-order valence-electron chi connectivity index (χ2n) is 9.52. The standard InChI is InChI=1S/C29H31NO8/c1-17(27(32)33)36-26-24(30-18(2)31)29(34-15-19-12-13-20-8-6-7-11-22(20)14-19)37-23-16-35-28(38-25(23)26)21-9-4-3-5-10-21/h3-14,17,23-26,28-29H,15-16H2,1-2H3,(H,30,31)(H,32,33)/t17-,23+,24+,25+,26-,28-,29-/m1/s1. The van der Waals surface area contributed by atoms with Gasteiger partial charge in [-0.25, -0.2) is 4.79 Å². The molecule has 0 saturated carbocycles. The van der Waals surface area contributed by atoms with Gasteiger partial charge in [0.05, 0.1) is 13.2 Å². The van der Waals surface area contributed by atoms with E-state index in [1.54, 1.807) is 0 Å². The molecular formula is C29H31NO8. The van der Waals surface area contributed by atoms with Gasteiger partial charge >= 0.3 is 5.97 Å². The zero-order valence-electron chi connectivity index (χ0n) is 21.2. The van der Waals surface area contributed by atoms with Crippen molar-refractivity contribution in [2.45, 2.75) is 63.5 Å². The molecule has 200 valence electrons. The molecule has 38 heavy (non-hydrogen) atoms. The molecule has 3 aromatic carbocycles. The van der Waals surface area contributed by atoms with Gasteiger partial charge in [-0.05, 0) is 29.3 Å². The SMILES string of the molecule is CC(=O)N[C@@H]1[C@H](OCc2ccc3ccccc3c2)O[C@H]2CO[C@@H](c3ccccc3)O[C@@H]2[C@@H]1O[C@H](C)C(=O)O. The Morgan fingerprint density at radius 2 is 1.76 bits per heavy atom. The first-order valence-corrected chi connectivity index (χ1v) is 12.6. The minimum absolute atomic E-state index is 0.175. The van der Waals surface area contributed by atoms with Crippen LogP contribution in [0.4, 0.5) is 0 Å². The van der Waals surface area contributed by atoms with E-state index in [1.807, 2.05) is 72.8 Å². The highest BCUT2D eigenvalue weighted by atomic mass is 16.8. The van der Waals surface area contributed by atoms with Gasteiger partial charge in [-0.3, -0.25) is 4.79 Å². The average Bonchev–Trinajstić information content (AvgIpc) is 2.93. The molecule has 2 heterocycles. The van der Waals surface area contributed by atoms with Crippen molar-refractivity contribution < 1.29 is 38.4 Å². The summed E-state index contributed by atoms with van der Waals surface area (Å²) in [5.74, 6) is -1.46. The number of hydrogen-bond acceptors (Lipinski definition) is 7. The Hall–Kier alpha value is -3.34. The van der Waals surface area contributed by atoms with Crippen molar-refractivity contribution in [1.82, 2.24) is 5.32 Å². The minimum atomic E-state index is -1.15. The number of nitrogens with one attached hydrogen (secondary N) is 1. The molecule has 0 radical (unpaired) electrons. The average molecular weight is 522 g/mol. The first kappa shape index (κ1) is 26.3. The molecule has 0 unspecified atom stereocenters. The predicted molar refractivity (Wildman–Crippen MR) is 137 cm³/mol. The van der Waals surface area contributed by atoms with E-state index in [9.17, 15) is 14.7 Å². The van der Waals surface area contributed by atoms with E-state index in [4.69, 9.17) is 23.7 Å². The van der Waals surface area contributed by atoms with E-state index in [-0.39, 0.29) is 19.1 Å². The van der Waals surface area contributed by atoms with Crippen LogP contribution in [0.25, 0.3) is 10.8 Å². The van der Waals surface area contributed by atoms with Crippen molar-refractivity contribution in [2.75, 3.05) is 6.61 Å². The lowest BCUT2D eigenvalue weighted by Crippen LogP contribution is -2.67. The number of aliphatic carboxylic acids is 1. The lowest BCUT2D eigenvalue weighted by Gasteiger charge is -2.49. The summed E-state index contributed by atoms with van der Waals surface area (Å²) in [5, 5.41) is 14.6. The molecule has 3 aromatic rings. The first-order chi connectivity index (χ1) is 18.4. The number of carbonyl (C=O) groups is 2. The molecule has 0 spiro atoms. The van der Waals surface area contributed by atoms with E-state index in [0.29, 0.717) is 0 Å². The van der Waals surface area contributed by atoms with Gasteiger partial charge in [0.1, 0.15) is 24.4 Å². The van der Waals surface area contributed by atoms with E-state index < -0.39 is 49.0 Å². The van der Waals surface area contributed by atoms with Gasteiger partial charge in [-0.1, -0.05) is 66.7 Å². The molecular weight excluding hydrogens is 490 g/mol. The number of ether oxygens (including phenoxy) is 5. The fraction of sp³-hybridized carbons (Fsp3) is 0.379. The fourth-order valence-electron chi connectivity index (χ4n) is 4.84. The third-order valence-electron chi connectivity index (χ3n) is 6.72. The number of rotatable bonds is 8. The highest BCUT2D eigenvalue weighted by Crippen LogP contribution is 2.36. The molecule has 0 bridgehead atoms. The lowest BCUT2D eigenvalue weighted by molar-refractivity contribution is -0.351. The molecule has 1 amide bonds. The van der Waals surface area contributed by atoms with Gasteiger partial charge in [-0.15, -0.1) is 0 Å². The second kappa shape index (κ2) is 11.6. The van der Waals surface area contributed by atoms with Crippen LogP contribution < -0.4 is 5.32 Å². The number of hydrogen-bond donors (Lipinski definition) is 2. The molecule has 5 rings (SSSR count). The van der Waals surface area contributed by atoms with E-state index in [2.05, 4.69) is 5.32 Å². The van der Waals surface area contributed by atoms with Crippen LogP contribution in [0, 0.1) is 0 Å².